The molecular formula is C30H32F2N6O2. The van der Waals surface area contributed by atoms with Crippen LogP contribution >= 0.6 is 0 Å². The molecule has 8 nitrogen and oxygen atoms in total. The molecule has 0 spiro atoms. The van der Waals surface area contributed by atoms with Gasteiger partial charge in [-0.1, -0.05) is 24.3 Å². The lowest BCUT2D eigenvalue weighted by Crippen LogP contribution is -2.42. The summed E-state index contributed by atoms with van der Waals surface area (Å²) in [4.78, 5) is 15.9. The summed E-state index contributed by atoms with van der Waals surface area (Å²) in [5.74, 6) is -2.08. The van der Waals surface area contributed by atoms with Gasteiger partial charge in [0.1, 0.15) is 0 Å². The molecule has 3 atom stereocenters. The third-order valence-corrected chi connectivity index (χ3v) is 8.04. The predicted molar refractivity (Wildman–Crippen MR) is 146 cm³/mol. The summed E-state index contributed by atoms with van der Waals surface area (Å²) >= 11 is 0. The van der Waals surface area contributed by atoms with Crippen molar-refractivity contribution in [3.63, 3.8) is 0 Å². The number of aromatic nitrogens is 4. The van der Waals surface area contributed by atoms with E-state index in [-0.39, 0.29) is 30.3 Å². The van der Waals surface area contributed by atoms with Crippen LogP contribution < -0.4 is 5.32 Å². The van der Waals surface area contributed by atoms with Crippen molar-refractivity contribution < 1.29 is 18.3 Å². The van der Waals surface area contributed by atoms with Crippen molar-refractivity contribution in [1.29, 1.82) is 0 Å². The van der Waals surface area contributed by atoms with E-state index in [1.807, 2.05) is 55.2 Å². The first kappa shape index (κ1) is 26.3. The number of nitrogens with zero attached hydrogens (tertiary/aromatic N) is 5. The maximum atomic E-state index is 14.2. The summed E-state index contributed by atoms with van der Waals surface area (Å²) in [6, 6.07) is 13.7. The monoisotopic (exact) mass is 546 g/mol. The summed E-state index contributed by atoms with van der Waals surface area (Å²) in [6.45, 7) is 4.56. The van der Waals surface area contributed by atoms with Crippen molar-refractivity contribution in [1.82, 2.24) is 29.8 Å². The first-order valence-electron chi connectivity index (χ1n) is 13.6. The maximum absolute atomic E-state index is 14.2. The molecule has 2 aliphatic heterocycles. The lowest BCUT2D eigenvalue weighted by atomic mass is 9.94. The molecule has 2 aliphatic rings. The molecule has 40 heavy (non-hydrogen) atoms. The largest absolute Gasteiger partial charge is 0.380 e. The summed E-state index contributed by atoms with van der Waals surface area (Å²) in [5.41, 5.74) is 4.87. The van der Waals surface area contributed by atoms with Crippen molar-refractivity contribution in [2.45, 2.75) is 37.8 Å². The van der Waals surface area contributed by atoms with Crippen LogP contribution in [0.3, 0.4) is 0 Å². The van der Waals surface area contributed by atoms with Gasteiger partial charge in [0.2, 0.25) is 5.91 Å². The molecule has 10 heteroatoms. The Labute approximate surface area is 231 Å². The highest BCUT2D eigenvalue weighted by molar-refractivity contribution is 5.80. The number of ether oxygens (including phenoxy) is 1. The van der Waals surface area contributed by atoms with Crippen LogP contribution in [0.4, 0.5) is 8.78 Å². The molecule has 6 rings (SSSR count). The molecule has 0 aliphatic carbocycles. The van der Waals surface area contributed by atoms with E-state index in [9.17, 15) is 13.6 Å². The zero-order valence-corrected chi connectivity index (χ0v) is 22.6. The van der Waals surface area contributed by atoms with Crippen LogP contribution in [-0.2, 0) is 23.0 Å². The zero-order chi connectivity index (χ0) is 27.8. The van der Waals surface area contributed by atoms with Crippen molar-refractivity contribution in [3.05, 3.63) is 89.4 Å². The number of hydrogen-bond donors (Lipinski definition) is 1. The van der Waals surface area contributed by atoms with Gasteiger partial charge in [-0.15, -0.1) is 0 Å². The summed E-state index contributed by atoms with van der Waals surface area (Å²) < 4.78 is 37.0. The number of rotatable bonds is 7. The van der Waals surface area contributed by atoms with Gasteiger partial charge in [0.05, 0.1) is 36.3 Å². The fourth-order valence-corrected chi connectivity index (χ4v) is 5.92. The van der Waals surface area contributed by atoms with Gasteiger partial charge in [-0.2, -0.15) is 10.2 Å². The van der Waals surface area contributed by atoms with Crippen LogP contribution in [0.15, 0.2) is 60.9 Å². The molecular weight excluding hydrogens is 514 g/mol. The van der Waals surface area contributed by atoms with E-state index in [1.165, 1.54) is 6.07 Å². The van der Waals surface area contributed by atoms with Gasteiger partial charge in [-0.05, 0) is 48.7 Å². The number of nitrogens with one attached hydrogen (secondary N) is 1. The minimum absolute atomic E-state index is 0.113. The Kier molecular flexibility index (Phi) is 7.20. The molecule has 0 bridgehead atoms. The Morgan fingerprint density at radius 1 is 1.12 bits per heavy atom. The first-order chi connectivity index (χ1) is 19.4. The highest BCUT2D eigenvalue weighted by Crippen LogP contribution is 2.32. The van der Waals surface area contributed by atoms with Crippen LogP contribution in [0.5, 0.6) is 0 Å². The van der Waals surface area contributed by atoms with Gasteiger partial charge < -0.3 is 10.1 Å². The number of carbonyl (C=O) groups is 1. The number of aryl methyl sites for hydroxylation is 1. The summed E-state index contributed by atoms with van der Waals surface area (Å²) in [5, 5.41) is 12.4. The average Bonchev–Trinajstić information content (AvgIpc) is 3.75. The highest BCUT2D eigenvalue weighted by Gasteiger charge is 2.39. The molecule has 1 unspecified atom stereocenters. The van der Waals surface area contributed by atoms with Gasteiger partial charge in [0.15, 0.2) is 11.6 Å². The van der Waals surface area contributed by atoms with Crippen LogP contribution in [-0.4, -0.2) is 68.8 Å². The quantitative estimate of drug-likeness (QED) is 0.382. The van der Waals surface area contributed by atoms with Crippen LogP contribution in [0, 0.1) is 18.6 Å². The Bertz CT molecular complexity index is 1510. The smallest absolute Gasteiger partial charge is 0.226 e. The van der Waals surface area contributed by atoms with Gasteiger partial charge in [0, 0.05) is 56.5 Å². The lowest BCUT2D eigenvalue weighted by Gasteiger charge is -2.22. The maximum Gasteiger partial charge on any atom is 0.226 e. The Morgan fingerprint density at radius 3 is 2.65 bits per heavy atom. The number of para-hydroxylation sites is 1. The van der Waals surface area contributed by atoms with Crippen molar-refractivity contribution in [2.24, 2.45) is 7.05 Å². The molecule has 1 N–H and O–H groups in total. The summed E-state index contributed by atoms with van der Waals surface area (Å²) in [6.07, 6.45) is 4.70. The minimum atomic E-state index is -0.879. The first-order valence-corrected chi connectivity index (χ1v) is 13.6. The molecule has 2 aromatic heterocycles. The normalized spacial score (nSPS) is 21.2. The van der Waals surface area contributed by atoms with E-state index >= 15 is 0 Å². The minimum Gasteiger partial charge on any atom is -0.380 e. The standard InChI is InChI=1S/C30H32F2N6O2/c1-19-28(38(22-6-4-3-5-7-22)35-30(19)21-14-33-36(2)15-21)13-29(39)34-27-17-37(23-10-11-40-18-23)16-24(27)20-8-9-25(31)26(32)12-20/h3-9,12,14-15,23-24,27H,10-11,13,16-18H2,1-2H3,(H,34,39)/t23?,24-,27+/m0/s1. The van der Waals surface area contributed by atoms with Crippen molar-refractivity contribution in [3.8, 4) is 16.9 Å². The molecule has 2 saturated heterocycles. The van der Waals surface area contributed by atoms with Gasteiger partial charge in [-0.25, -0.2) is 13.5 Å². The van der Waals surface area contributed by atoms with Crippen LogP contribution in [0.25, 0.3) is 16.9 Å². The van der Waals surface area contributed by atoms with Crippen molar-refractivity contribution >= 4 is 5.91 Å². The zero-order valence-electron chi connectivity index (χ0n) is 22.6. The topological polar surface area (TPSA) is 77.2 Å². The number of likely N-dealkylation sites (tertiary alicyclic amines) is 1. The Hall–Kier alpha value is -3.89. The number of hydrogen-bond acceptors (Lipinski definition) is 5. The Morgan fingerprint density at radius 2 is 1.95 bits per heavy atom. The lowest BCUT2D eigenvalue weighted by molar-refractivity contribution is -0.121. The van der Waals surface area contributed by atoms with E-state index in [0.717, 1.165) is 40.7 Å². The molecule has 1 amide bonds. The van der Waals surface area contributed by atoms with E-state index < -0.39 is 11.6 Å². The van der Waals surface area contributed by atoms with Crippen LogP contribution in [0.1, 0.15) is 29.2 Å². The second kappa shape index (κ2) is 10.9. The second-order valence-electron chi connectivity index (χ2n) is 10.7. The molecule has 4 heterocycles. The third-order valence-electron chi connectivity index (χ3n) is 8.04. The van der Waals surface area contributed by atoms with Gasteiger partial charge in [-0.3, -0.25) is 14.4 Å². The molecule has 0 radical (unpaired) electrons. The summed E-state index contributed by atoms with van der Waals surface area (Å²) in [7, 11) is 1.85. The van der Waals surface area contributed by atoms with Gasteiger partial charge in [0.25, 0.3) is 0 Å². The average molecular weight is 547 g/mol. The molecule has 208 valence electrons. The molecule has 2 fully saturated rings. The number of carbonyl (C=O) groups excluding carboxylic acids is 1. The predicted octanol–water partition coefficient (Wildman–Crippen LogP) is 3.78. The molecule has 0 saturated carbocycles. The number of amides is 1. The molecule has 4 aromatic rings. The van der Waals surface area contributed by atoms with E-state index in [1.54, 1.807) is 16.9 Å². The molecule has 2 aromatic carbocycles. The van der Waals surface area contributed by atoms with E-state index in [2.05, 4.69) is 15.3 Å². The fraction of sp³-hybridized carbons (Fsp3) is 0.367. The second-order valence-corrected chi connectivity index (χ2v) is 10.7. The van der Waals surface area contributed by atoms with E-state index in [0.29, 0.717) is 31.9 Å². The SMILES string of the molecule is Cc1c(-c2cnn(C)c2)nn(-c2ccccc2)c1CC(=O)N[C@@H]1CN(C2CCOC2)C[C@H]1c1ccc(F)c(F)c1. The Balaban J connectivity index is 1.28. The fourth-order valence-electron chi connectivity index (χ4n) is 5.92. The highest BCUT2D eigenvalue weighted by atomic mass is 19.2. The van der Waals surface area contributed by atoms with E-state index in [4.69, 9.17) is 9.84 Å². The number of benzene rings is 2. The third kappa shape index (κ3) is 5.16. The van der Waals surface area contributed by atoms with Crippen molar-refractivity contribution in [2.75, 3.05) is 26.3 Å². The van der Waals surface area contributed by atoms with Gasteiger partial charge >= 0.3 is 0 Å². The number of halogens is 2. The van der Waals surface area contributed by atoms with Crippen LogP contribution in [0.2, 0.25) is 0 Å².